The molecule has 0 spiro atoms. The molecule has 1 heterocycles. The minimum Gasteiger partial charge on any atom is -0.464 e. The molecule has 2 aromatic rings. The van der Waals surface area contributed by atoms with E-state index in [4.69, 9.17) is 16.3 Å². The SMILES string of the molecule is CC(=O)OCc1cc2ccc(Cl)cc2n1C(=O)O. The topological polar surface area (TPSA) is 68.5 Å². The molecule has 0 aliphatic heterocycles. The summed E-state index contributed by atoms with van der Waals surface area (Å²) in [5, 5.41) is 10.4. The van der Waals surface area contributed by atoms with Gasteiger partial charge in [-0.3, -0.25) is 4.79 Å². The first kappa shape index (κ1) is 12.4. The van der Waals surface area contributed by atoms with Crippen LogP contribution in [-0.2, 0) is 16.1 Å². The van der Waals surface area contributed by atoms with Crippen molar-refractivity contribution in [1.82, 2.24) is 4.57 Å². The average molecular weight is 268 g/mol. The first-order valence-corrected chi connectivity index (χ1v) is 5.53. The molecular weight excluding hydrogens is 258 g/mol. The summed E-state index contributed by atoms with van der Waals surface area (Å²) >= 11 is 5.84. The molecule has 0 fully saturated rings. The molecule has 0 radical (unpaired) electrons. The molecule has 0 aliphatic carbocycles. The van der Waals surface area contributed by atoms with E-state index in [0.29, 0.717) is 16.2 Å². The largest absolute Gasteiger partial charge is 0.464 e. The van der Waals surface area contributed by atoms with E-state index in [1.807, 2.05) is 0 Å². The van der Waals surface area contributed by atoms with E-state index in [9.17, 15) is 14.7 Å². The lowest BCUT2D eigenvalue weighted by Gasteiger charge is -2.05. The average Bonchev–Trinajstić information content (AvgIpc) is 2.63. The number of fused-ring (bicyclic) bond motifs is 1. The Labute approximate surface area is 108 Å². The second-order valence-electron chi connectivity index (χ2n) is 3.74. The summed E-state index contributed by atoms with van der Waals surface area (Å²) in [6.07, 6.45) is -1.14. The number of nitrogens with zero attached hydrogens (tertiary/aromatic N) is 1. The summed E-state index contributed by atoms with van der Waals surface area (Å²) in [4.78, 5) is 22.0. The summed E-state index contributed by atoms with van der Waals surface area (Å²) in [6.45, 7) is 1.18. The van der Waals surface area contributed by atoms with Crippen molar-refractivity contribution in [2.45, 2.75) is 13.5 Å². The highest BCUT2D eigenvalue weighted by atomic mass is 35.5. The van der Waals surface area contributed by atoms with Gasteiger partial charge in [0.15, 0.2) is 0 Å². The number of ether oxygens (including phenoxy) is 1. The van der Waals surface area contributed by atoms with Crippen LogP contribution < -0.4 is 0 Å². The van der Waals surface area contributed by atoms with Gasteiger partial charge in [-0.25, -0.2) is 9.36 Å². The minimum absolute atomic E-state index is 0.0894. The molecule has 1 aromatic carbocycles. The molecule has 0 amide bonds. The van der Waals surface area contributed by atoms with Crippen molar-refractivity contribution < 1.29 is 19.4 Å². The van der Waals surface area contributed by atoms with Crippen LogP contribution in [-0.4, -0.2) is 21.7 Å². The zero-order valence-electron chi connectivity index (χ0n) is 9.51. The van der Waals surface area contributed by atoms with Crippen molar-refractivity contribution in [2.75, 3.05) is 0 Å². The van der Waals surface area contributed by atoms with E-state index in [0.717, 1.165) is 9.95 Å². The number of benzene rings is 1. The number of carbonyl (C=O) groups excluding carboxylic acids is 1. The Kier molecular flexibility index (Phi) is 3.25. The van der Waals surface area contributed by atoms with Gasteiger partial charge in [0.1, 0.15) is 6.61 Å². The highest BCUT2D eigenvalue weighted by molar-refractivity contribution is 6.31. The van der Waals surface area contributed by atoms with Gasteiger partial charge in [-0.05, 0) is 18.2 Å². The second-order valence-corrected chi connectivity index (χ2v) is 4.17. The Morgan fingerprint density at radius 2 is 2.11 bits per heavy atom. The molecule has 0 atom stereocenters. The van der Waals surface area contributed by atoms with E-state index in [1.54, 1.807) is 24.3 Å². The number of aromatic nitrogens is 1. The van der Waals surface area contributed by atoms with Crippen LogP contribution in [0.15, 0.2) is 24.3 Å². The summed E-state index contributed by atoms with van der Waals surface area (Å²) < 4.78 is 5.88. The Hall–Kier alpha value is -2.01. The van der Waals surface area contributed by atoms with E-state index in [-0.39, 0.29) is 6.61 Å². The predicted molar refractivity (Wildman–Crippen MR) is 65.8 cm³/mol. The van der Waals surface area contributed by atoms with Gasteiger partial charge in [0.05, 0.1) is 11.2 Å². The van der Waals surface area contributed by atoms with E-state index in [2.05, 4.69) is 0 Å². The van der Waals surface area contributed by atoms with Gasteiger partial charge in [0.25, 0.3) is 0 Å². The van der Waals surface area contributed by atoms with Crippen molar-refractivity contribution in [1.29, 1.82) is 0 Å². The van der Waals surface area contributed by atoms with Gasteiger partial charge in [-0.15, -0.1) is 0 Å². The molecule has 94 valence electrons. The highest BCUT2D eigenvalue weighted by Crippen LogP contribution is 2.24. The number of hydrogen-bond donors (Lipinski definition) is 1. The van der Waals surface area contributed by atoms with Crippen LogP contribution in [0.2, 0.25) is 5.02 Å². The number of carboxylic acid groups (broad SMARTS) is 1. The third-order valence-electron chi connectivity index (χ3n) is 2.46. The normalized spacial score (nSPS) is 10.6. The fourth-order valence-corrected chi connectivity index (χ4v) is 1.91. The van der Waals surface area contributed by atoms with E-state index < -0.39 is 12.1 Å². The molecule has 0 aliphatic rings. The van der Waals surface area contributed by atoms with Crippen molar-refractivity contribution in [3.63, 3.8) is 0 Å². The Bertz CT molecular complexity index is 632. The van der Waals surface area contributed by atoms with Crippen LogP contribution in [0.3, 0.4) is 0 Å². The number of carbonyl (C=O) groups is 2. The first-order chi connectivity index (χ1) is 8.49. The molecule has 5 nitrogen and oxygen atoms in total. The number of halogens is 1. The van der Waals surface area contributed by atoms with Gasteiger partial charge in [0.2, 0.25) is 0 Å². The quantitative estimate of drug-likeness (QED) is 0.850. The highest BCUT2D eigenvalue weighted by Gasteiger charge is 2.15. The fraction of sp³-hybridized carbons (Fsp3) is 0.167. The molecular formula is C12H10ClNO4. The van der Waals surface area contributed by atoms with E-state index >= 15 is 0 Å². The maximum Gasteiger partial charge on any atom is 0.416 e. The van der Waals surface area contributed by atoms with E-state index in [1.165, 1.54) is 6.92 Å². The Morgan fingerprint density at radius 3 is 2.72 bits per heavy atom. The smallest absolute Gasteiger partial charge is 0.416 e. The molecule has 2 rings (SSSR count). The predicted octanol–water partition coefficient (Wildman–Crippen LogP) is 2.88. The summed E-state index contributed by atoms with van der Waals surface area (Å²) in [5.41, 5.74) is 0.854. The van der Waals surface area contributed by atoms with Gasteiger partial charge in [-0.2, -0.15) is 0 Å². The van der Waals surface area contributed by atoms with Crippen LogP contribution in [0.5, 0.6) is 0 Å². The first-order valence-electron chi connectivity index (χ1n) is 5.15. The molecule has 6 heteroatoms. The van der Waals surface area contributed by atoms with Crippen LogP contribution in [0.25, 0.3) is 10.9 Å². The Morgan fingerprint density at radius 1 is 1.39 bits per heavy atom. The third kappa shape index (κ3) is 2.31. The Balaban J connectivity index is 2.54. The number of rotatable bonds is 2. The standard InChI is InChI=1S/C12H10ClNO4/c1-7(15)18-6-10-4-8-2-3-9(13)5-11(8)14(10)12(16)17/h2-5H,6H2,1H3,(H,16,17). The molecule has 0 unspecified atom stereocenters. The van der Waals surface area contributed by atoms with Crippen molar-refractivity contribution in [3.8, 4) is 0 Å². The van der Waals surface area contributed by atoms with Crippen LogP contribution in [0, 0.1) is 0 Å². The summed E-state index contributed by atoms with van der Waals surface area (Å²) in [7, 11) is 0. The zero-order valence-corrected chi connectivity index (χ0v) is 10.3. The lowest BCUT2D eigenvalue weighted by atomic mass is 10.2. The zero-order chi connectivity index (χ0) is 13.3. The lowest BCUT2D eigenvalue weighted by molar-refractivity contribution is -0.142. The minimum atomic E-state index is -1.14. The second kappa shape index (κ2) is 4.70. The molecule has 1 N–H and O–H groups in total. The molecule has 0 bridgehead atoms. The number of esters is 1. The third-order valence-corrected chi connectivity index (χ3v) is 2.69. The maximum atomic E-state index is 11.2. The summed E-state index contributed by atoms with van der Waals surface area (Å²) in [6, 6.07) is 6.60. The van der Waals surface area contributed by atoms with Gasteiger partial charge in [-0.1, -0.05) is 17.7 Å². The van der Waals surface area contributed by atoms with Crippen LogP contribution >= 0.6 is 11.6 Å². The lowest BCUT2D eigenvalue weighted by Crippen LogP contribution is -2.13. The molecule has 0 saturated carbocycles. The van der Waals surface area contributed by atoms with Crippen LogP contribution in [0.4, 0.5) is 4.79 Å². The molecule has 0 saturated heterocycles. The van der Waals surface area contributed by atoms with Crippen molar-refractivity contribution in [3.05, 3.63) is 35.0 Å². The molecule has 1 aromatic heterocycles. The van der Waals surface area contributed by atoms with Gasteiger partial charge in [0, 0.05) is 17.3 Å². The van der Waals surface area contributed by atoms with Crippen molar-refractivity contribution in [2.24, 2.45) is 0 Å². The maximum absolute atomic E-state index is 11.2. The van der Waals surface area contributed by atoms with Gasteiger partial charge < -0.3 is 9.84 Å². The van der Waals surface area contributed by atoms with Crippen LogP contribution in [0.1, 0.15) is 12.6 Å². The summed E-state index contributed by atoms with van der Waals surface area (Å²) in [5.74, 6) is -0.463. The molecule has 18 heavy (non-hydrogen) atoms. The fourth-order valence-electron chi connectivity index (χ4n) is 1.74. The van der Waals surface area contributed by atoms with Gasteiger partial charge >= 0.3 is 12.1 Å². The monoisotopic (exact) mass is 267 g/mol. The van der Waals surface area contributed by atoms with Crippen molar-refractivity contribution >= 4 is 34.6 Å². The number of hydrogen-bond acceptors (Lipinski definition) is 3.